The van der Waals surface area contributed by atoms with Gasteiger partial charge < -0.3 is 25.6 Å². The van der Waals surface area contributed by atoms with E-state index in [-0.39, 0.29) is 25.2 Å². The van der Waals surface area contributed by atoms with Gasteiger partial charge in [-0.2, -0.15) is 0 Å². The molecule has 0 aliphatic carbocycles. The highest BCUT2D eigenvalue weighted by atomic mass is 16.7. The Bertz CT molecular complexity index is 1290. The zero-order valence-corrected chi connectivity index (χ0v) is 21.0. The van der Waals surface area contributed by atoms with E-state index in [1.807, 2.05) is 30.3 Å². The molecule has 2 heterocycles. The molecule has 0 radical (unpaired) electrons. The van der Waals surface area contributed by atoms with Gasteiger partial charge in [0.15, 0.2) is 0 Å². The second-order valence-corrected chi connectivity index (χ2v) is 9.16. The third kappa shape index (κ3) is 7.31. The second-order valence-electron chi connectivity index (χ2n) is 9.16. The molecular weight excluding hydrogens is 490 g/mol. The van der Waals surface area contributed by atoms with Crippen LogP contribution in [-0.4, -0.2) is 38.7 Å². The van der Waals surface area contributed by atoms with Crippen LogP contribution in [0.3, 0.4) is 0 Å². The van der Waals surface area contributed by atoms with Crippen molar-refractivity contribution in [2.45, 2.75) is 64.5 Å². The van der Waals surface area contributed by atoms with Gasteiger partial charge in [0.25, 0.3) is 11.8 Å². The fraction of sp³-hybridized carbons (Fsp3) is 0.370. The van der Waals surface area contributed by atoms with E-state index < -0.39 is 17.8 Å². The number of ether oxygens (including phenoxy) is 1. The molecule has 3 aromatic rings. The number of imide groups is 1. The van der Waals surface area contributed by atoms with Gasteiger partial charge in [0.2, 0.25) is 5.91 Å². The number of anilines is 1. The van der Waals surface area contributed by atoms with Crippen molar-refractivity contribution in [2.24, 2.45) is 0 Å². The number of fused-ring (bicyclic) bond motifs is 1. The highest BCUT2D eigenvalue weighted by Crippen LogP contribution is 2.27. The highest BCUT2D eigenvalue weighted by molar-refractivity contribution is 6.01. The molecular formula is C27H31N5O6. The summed E-state index contributed by atoms with van der Waals surface area (Å²) < 4.78 is 5.92. The number of imidazole rings is 1. The number of carbonyl (C=O) groups is 4. The molecule has 1 aliphatic rings. The van der Waals surface area contributed by atoms with Crippen molar-refractivity contribution in [3.63, 3.8) is 0 Å². The van der Waals surface area contributed by atoms with Crippen LogP contribution in [0.1, 0.15) is 62.5 Å². The number of nitrogen functional groups attached to an aromatic ring is 1. The van der Waals surface area contributed by atoms with E-state index in [1.54, 1.807) is 12.4 Å². The Morgan fingerprint density at radius 3 is 2.39 bits per heavy atom. The number of H-pyrrole nitrogens is 1. The molecule has 1 fully saturated rings. The number of hydrogen-bond acceptors (Lipinski definition) is 8. The quantitative estimate of drug-likeness (QED) is 0.176. The van der Waals surface area contributed by atoms with Crippen molar-refractivity contribution in [1.29, 1.82) is 0 Å². The minimum Gasteiger partial charge on any atom is -0.486 e. The molecule has 11 heteroatoms. The van der Waals surface area contributed by atoms with Gasteiger partial charge in [-0.15, -0.1) is 5.06 Å². The van der Waals surface area contributed by atoms with Crippen LogP contribution in [0.5, 0.6) is 5.75 Å². The number of nitrogens with zero attached hydrogens (tertiary/aromatic N) is 2. The lowest BCUT2D eigenvalue weighted by atomic mass is 10.1. The van der Waals surface area contributed by atoms with Gasteiger partial charge in [0.05, 0.1) is 11.8 Å². The molecule has 1 saturated heterocycles. The third-order valence-electron chi connectivity index (χ3n) is 6.15. The predicted octanol–water partition coefficient (Wildman–Crippen LogP) is 3.29. The molecule has 3 amide bonds. The zero-order chi connectivity index (χ0) is 26.9. The Balaban J connectivity index is 1.08. The number of aromatic amines is 1. The summed E-state index contributed by atoms with van der Waals surface area (Å²) in [5.74, 6) is -0.974. The number of hydroxylamine groups is 2. The van der Waals surface area contributed by atoms with Crippen molar-refractivity contribution in [3.05, 3.63) is 53.9 Å². The van der Waals surface area contributed by atoms with Gasteiger partial charge in [-0.25, -0.2) is 9.78 Å². The SMILES string of the molecule is Nc1cc(OCc2ccc(CNC(=O)CCCCCCC(=O)ON3C(=O)CCC3=O)cc2)c2nc[nH]c2c1. The summed E-state index contributed by atoms with van der Waals surface area (Å²) >= 11 is 0. The lowest BCUT2D eigenvalue weighted by Crippen LogP contribution is -2.31. The summed E-state index contributed by atoms with van der Waals surface area (Å²) in [7, 11) is 0. The maximum absolute atomic E-state index is 12.2. The summed E-state index contributed by atoms with van der Waals surface area (Å²) in [4.78, 5) is 59.0. The van der Waals surface area contributed by atoms with E-state index in [1.165, 1.54) is 0 Å². The fourth-order valence-corrected chi connectivity index (χ4v) is 4.07. The van der Waals surface area contributed by atoms with Crippen LogP contribution in [0.2, 0.25) is 0 Å². The molecule has 0 atom stereocenters. The minimum absolute atomic E-state index is 0.0347. The third-order valence-corrected chi connectivity index (χ3v) is 6.15. The van der Waals surface area contributed by atoms with Crippen LogP contribution in [-0.2, 0) is 37.2 Å². The predicted molar refractivity (Wildman–Crippen MR) is 138 cm³/mol. The molecule has 1 aromatic heterocycles. The largest absolute Gasteiger partial charge is 0.486 e. The smallest absolute Gasteiger partial charge is 0.333 e. The molecule has 200 valence electrons. The van der Waals surface area contributed by atoms with Gasteiger partial charge >= 0.3 is 5.97 Å². The normalized spacial score (nSPS) is 13.2. The van der Waals surface area contributed by atoms with Crippen molar-refractivity contribution in [1.82, 2.24) is 20.3 Å². The second kappa shape index (κ2) is 12.7. The first kappa shape index (κ1) is 26.6. The average Bonchev–Trinajstić information content (AvgIpc) is 3.50. The number of nitrogens with one attached hydrogen (secondary N) is 2. The maximum Gasteiger partial charge on any atom is 0.333 e. The van der Waals surface area contributed by atoms with Crippen molar-refractivity contribution >= 4 is 40.4 Å². The minimum atomic E-state index is -0.594. The summed E-state index contributed by atoms with van der Waals surface area (Å²) in [6, 6.07) is 11.4. The average molecular weight is 522 g/mol. The zero-order valence-electron chi connectivity index (χ0n) is 21.0. The molecule has 4 N–H and O–H groups in total. The molecule has 38 heavy (non-hydrogen) atoms. The Hall–Kier alpha value is -4.41. The van der Waals surface area contributed by atoms with Crippen molar-refractivity contribution < 1.29 is 28.8 Å². The Morgan fingerprint density at radius 2 is 1.66 bits per heavy atom. The summed E-state index contributed by atoms with van der Waals surface area (Å²) in [6.45, 7) is 0.799. The van der Waals surface area contributed by atoms with Crippen LogP contribution in [0.4, 0.5) is 5.69 Å². The Kier molecular flexibility index (Phi) is 8.91. The van der Waals surface area contributed by atoms with Gasteiger partial charge in [-0.3, -0.25) is 14.4 Å². The van der Waals surface area contributed by atoms with E-state index in [9.17, 15) is 19.2 Å². The van der Waals surface area contributed by atoms with Crippen molar-refractivity contribution in [2.75, 3.05) is 5.73 Å². The van der Waals surface area contributed by atoms with Gasteiger partial charge in [-0.05, 0) is 30.0 Å². The number of hydrogen-bond donors (Lipinski definition) is 3. The van der Waals surface area contributed by atoms with Gasteiger partial charge in [0.1, 0.15) is 17.9 Å². The molecule has 4 rings (SSSR count). The molecule has 0 bridgehead atoms. The fourth-order valence-electron chi connectivity index (χ4n) is 4.07. The molecule has 0 spiro atoms. The lowest BCUT2D eigenvalue weighted by molar-refractivity contribution is -0.197. The van der Waals surface area contributed by atoms with E-state index in [2.05, 4.69) is 15.3 Å². The number of rotatable bonds is 13. The van der Waals surface area contributed by atoms with Crippen LogP contribution in [0.15, 0.2) is 42.7 Å². The monoisotopic (exact) mass is 521 g/mol. The highest BCUT2D eigenvalue weighted by Gasteiger charge is 2.32. The van der Waals surface area contributed by atoms with Gasteiger partial charge in [0, 0.05) is 44.0 Å². The summed E-state index contributed by atoms with van der Waals surface area (Å²) in [5.41, 5.74) is 10.0. The molecule has 11 nitrogen and oxygen atoms in total. The van der Waals surface area contributed by atoms with Crippen molar-refractivity contribution in [3.8, 4) is 5.75 Å². The van der Waals surface area contributed by atoms with Crippen LogP contribution >= 0.6 is 0 Å². The molecule has 2 aromatic carbocycles. The number of amides is 3. The maximum atomic E-state index is 12.2. The van der Waals surface area contributed by atoms with Crippen LogP contribution in [0, 0.1) is 0 Å². The first-order chi connectivity index (χ1) is 18.4. The summed E-state index contributed by atoms with van der Waals surface area (Å²) in [5, 5.41) is 3.48. The molecule has 0 saturated carbocycles. The number of benzene rings is 2. The number of aromatic nitrogens is 2. The van der Waals surface area contributed by atoms with Gasteiger partial charge in [-0.1, -0.05) is 37.1 Å². The Morgan fingerprint density at radius 1 is 0.974 bits per heavy atom. The standard InChI is InChI=1S/C27H31N5O6/c28-20-13-21-27(31-17-30-21)22(14-20)37-16-19-9-7-18(8-10-19)15-29-23(33)5-3-1-2-4-6-26(36)38-32-24(34)11-12-25(32)35/h7-10,13-14,17H,1-6,11-12,15-16,28H2,(H,29,33)(H,30,31). The van der Waals surface area contributed by atoms with E-state index in [4.69, 9.17) is 15.3 Å². The first-order valence-corrected chi connectivity index (χ1v) is 12.7. The van der Waals surface area contributed by atoms with Crippen LogP contribution in [0.25, 0.3) is 11.0 Å². The summed E-state index contributed by atoms with van der Waals surface area (Å²) in [6.07, 6.45) is 5.08. The molecule has 0 unspecified atom stereocenters. The molecule has 1 aliphatic heterocycles. The number of unbranched alkanes of at least 4 members (excludes halogenated alkanes) is 3. The Labute approximate surface area is 219 Å². The lowest BCUT2D eigenvalue weighted by Gasteiger charge is -2.12. The number of carbonyl (C=O) groups excluding carboxylic acids is 4. The van der Waals surface area contributed by atoms with E-state index >= 15 is 0 Å². The topological polar surface area (TPSA) is 157 Å². The number of nitrogens with two attached hydrogens (primary N) is 1. The van der Waals surface area contributed by atoms with E-state index in [0.29, 0.717) is 48.9 Å². The first-order valence-electron chi connectivity index (χ1n) is 12.7. The van der Waals surface area contributed by atoms with E-state index in [0.717, 1.165) is 35.0 Å². The van der Waals surface area contributed by atoms with Crippen LogP contribution < -0.4 is 15.8 Å².